The number of alkyl carbamates (subject to hydrolysis) is 1. The van der Waals surface area contributed by atoms with Crippen LogP contribution in [0.2, 0.25) is 6.32 Å². The van der Waals surface area contributed by atoms with Crippen molar-refractivity contribution in [3.05, 3.63) is 211 Å². The Hall–Kier alpha value is -6.20. The highest BCUT2D eigenvalue weighted by molar-refractivity contribution is 9.10. The predicted octanol–water partition coefficient (Wildman–Crippen LogP) is 15.9. The number of halogens is 6. The molecule has 7 rings (SSSR count). The number of benzene rings is 6. The van der Waals surface area contributed by atoms with E-state index in [0.29, 0.717) is 53.3 Å². The van der Waals surface area contributed by atoms with Gasteiger partial charge in [0.05, 0.1) is 43.1 Å². The molecule has 9 N–H and O–H groups in total. The van der Waals surface area contributed by atoms with Crippen molar-refractivity contribution in [1.82, 2.24) is 16.0 Å². The van der Waals surface area contributed by atoms with Crippen LogP contribution in [0.15, 0.2) is 138 Å². The van der Waals surface area contributed by atoms with Crippen LogP contribution < -0.4 is 21.7 Å². The summed E-state index contributed by atoms with van der Waals surface area (Å²) in [6, 6.07) is 37.7. The first-order valence-electron chi connectivity index (χ1n) is 33.5. The summed E-state index contributed by atoms with van der Waals surface area (Å²) >= 11 is 3.25. The summed E-state index contributed by atoms with van der Waals surface area (Å²) in [5.41, 5.74) is 12.7. The van der Waals surface area contributed by atoms with E-state index in [2.05, 4.69) is 127 Å². The first-order valence-corrected chi connectivity index (χ1v) is 34.3. The molecule has 1 saturated heterocycles. The van der Waals surface area contributed by atoms with Gasteiger partial charge in [0.25, 0.3) is 0 Å². The number of epoxide rings is 1. The highest BCUT2D eigenvalue weighted by Gasteiger charge is 2.35. The maximum absolute atomic E-state index is 13.5. The molecule has 6 aromatic carbocycles. The molecule has 21 heteroatoms. The molecule has 1 fully saturated rings. The lowest BCUT2D eigenvalue weighted by Gasteiger charge is -2.31. The molecule has 0 aromatic heterocycles. The van der Waals surface area contributed by atoms with E-state index in [9.17, 15) is 42.2 Å². The molecule has 2 amide bonds. The Balaban J connectivity index is 0.000000630. The molecule has 4 atom stereocenters. The first kappa shape index (κ1) is 90.8. The zero-order valence-corrected chi connectivity index (χ0v) is 64.1. The molecule has 550 valence electrons. The van der Waals surface area contributed by atoms with Gasteiger partial charge in [-0.1, -0.05) is 150 Å². The summed E-state index contributed by atoms with van der Waals surface area (Å²) in [7, 11) is 0.239. The molecule has 0 aliphatic carbocycles. The van der Waals surface area contributed by atoms with Gasteiger partial charge in [-0.2, -0.15) is 0 Å². The molecule has 1 unspecified atom stereocenters. The summed E-state index contributed by atoms with van der Waals surface area (Å²) in [5, 5.41) is 45.9. The standard InChI is InChI=1S/C25H34F2N2O2.C15H19F2NO3.C13H21N.C13H20O.C8H7BrO2.C4H11BO2.ClH/c1-16(2)9-18-7-6-8-20(10-18)25(4,5)28-15-24(31)23(29-17(3)30)13-19-11-21(26)14-22(27)12-19;1-15(2,3)21-14(19)18-12(13-8-20-13)6-9-4-10(16)7-11(17)5-9;2*1-10(2)8-11-6-5-7-12(9-11)13(3,4)14;1-11-8(10)6-3-2-4-7(9)5-6;1-4(2)3-5(6)7;/h6-8,10-12,14,16,23-24,28,31H,9,13,15H2,1-5H3,(H,29,30);4-5,7,12-13H,6,8H2,1-3H3,(H,18,19);5-7,9-10H,8,14H2,1-4H3;5-7,9-10,14H,8H2,1-4H3;2-5H,1H3;4,6-7H,3H2,1-2H3;1H/t23-,24+;12?,13-;;;;;/m01...../s1. The summed E-state index contributed by atoms with van der Waals surface area (Å²) in [6.45, 7) is 36.3. The molecule has 14 nitrogen and oxygen atoms in total. The molecule has 0 spiro atoms. The number of carbonyl (C=O) groups excluding carboxylic acids is 3. The minimum absolute atomic E-state index is 0. The van der Waals surface area contributed by atoms with Crippen molar-refractivity contribution in [1.29, 1.82) is 0 Å². The predicted molar refractivity (Wildman–Crippen MR) is 398 cm³/mol. The van der Waals surface area contributed by atoms with Crippen LogP contribution >= 0.6 is 28.3 Å². The van der Waals surface area contributed by atoms with Gasteiger partial charge < -0.3 is 56.2 Å². The van der Waals surface area contributed by atoms with Gasteiger partial charge in [-0.25, -0.2) is 27.2 Å². The van der Waals surface area contributed by atoms with E-state index in [0.717, 1.165) is 47.0 Å². The lowest BCUT2D eigenvalue weighted by Crippen LogP contribution is -2.51. The zero-order chi connectivity index (χ0) is 74.5. The minimum atomic E-state index is -1.13. The summed E-state index contributed by atoms with van der Waals surface area (Å²) in [4.78, 5) is 34.4. The molecule has 1 heterocycles. The van der Waals surface area contributed by atoms with Crippen molar-refractivity contribution in [3.8, 4) is 0 Å². The van der Waals surface area contributed by atoms with E-state index in [-0.39, 0.29) is 61.4 Å². The molecule has 1 aliphatic heterocycles. The number of hydrogen-bond acceptors (Lipinski definition) is 12. The number of nitrogens with two attached hydrogens (primary N) is 1. The fourth-order valence-corrected chi connectivity index (χ4v) is 10.4. The van der Waals surface area contributed by atoms with Crippen molar-refractivity contribution in [2.45, 2.75) is 210 Å². The van der Waals surface area contributed by atoms with Crippen LogP contribution in [0.3, 0.4) is 0 Å². The number of amides is 2. The Kier molecular flexibility index (Phi) is 40.0. The lowest BCUT2D eigenvalue weighted by molar-refractivity contribution is -0.120. The van der Waals surface area contributed by atoms with Crippen LogP contribution in [-0.2, 0) is 67.8 Å². The van der Waals surface area contributed by atoms with Crippen LogP contribution in [0.25, 0.3) is 0 Å². The Bertz CT molecular complexity index is 3260. The van der Waals surface area contributed by atoms with E-state index < -0.39 is 65.4 Å². The van der Waals surface area contributed by atoms with Crippen LogP contribution in [0.4, 0.5) is 22.4 Å². The average Bonchev–Trinajstić information content (AvgIpc) is 1.74. The third-order valence-electron chi connectivity index (χ3n) is 14.7. The number of methoxy groups -OCH3 is 1. The van der Waals surface area contributed by atoms with Crippen molar-refractivity contribution >= 4 is 53.4 Å². The molecule has 1 aliphatic rings. The number of aliphatic hydroxyl groups excluding tert-OH is 1. The number of esters is 1. The molecule has 6 aromatic rings. The number of ether oxygens (including phenoxy) is 3. The van der Waals surface area contributed by atoms with E-state index in [1.54, 1.807) is 39.0 Å². The molecule has 0 radical (unpaired) electrons. The third kappa shape index (κ3) is 40.1. The first-order chi connectivity index (χ1) is 45.3. The van der Waals surface area contributed by atoms with E-state index >= 15 is 0 Å². The fraction of sp³-hybridized carbons (Fsp3) is 0.500. The second kappa shape index (κ2) is 43.6. The monoisotopic (exact) mass is 1470 g/mol. The molecular weight excluding hydrogens is 1360 g/mol. The smallest absolute Gasteiger partial charge is 0.451 e. The molecule has 0 bridgehead atoms. The SMILES string of the molecule is CC(=O)N[C@@H](Cc1cc(F)cc(F)c1)[C@H](O)CNC(C)(C)c1cccc(CC(C)C)c1.CC(C)(C)OC(=O)NC(Cc1cc(F)cc(F)c1)[C@H]1CO1.CC(C)CB(O)O.CC(C)Cc1cccc(C(C)(C)N)c1.CC(C)Cc1cccc(C(C)(C)O)c1.COC(=O)c1cccc(Br)c1.Cl. The molecule has 99 heavy (non-hydrogen) atoms. The van der Waals surface area contributed by atoms with Crippen molar-refractivity contribution in [2.24, 2.45) is 29.4 Å². The third-order valence-corrected chi connectivity index (χ3v) is 15.2. The molecule has 0 saturated carbocycles. The number of rotatable bonds is 23. The second-order valence-electron chi connectivity index (χ2n) is 29.3. The van der Waals surface area contributed by atoms with Crippen LogP contribution in [0, 0.1) is 46.9 Å². The Morgan fingerprint density at radius 2 is 1.03 bits per heavy atom. The Morgan fingerprint density at radius 1 is 0.606 bits per heavy atom. The summed E-state index contributed by atoms with van der Waals surface area (Å²) < 4.78 is 69.2. The van der Waals surface area contributed by atoms with Gasteiger partial charge in [0.15, 0.2) is 0 Å². The lowest BCUT2D eigenvalue weighted by atomic mass is 9.80. The largest absolute Gasteiger partial charge is 0.465 e. The highest BCUT2D eigenvalue weighted by Crippen LogP contribution is 2.26. The summed E-state index contributed by atoms with van der Waals surface area (Å²) in [6.07, 6.45) is 2.38. The Morgan fingerprint density at radius 3 is 1.40 bits per heavy atom. The van der Waals surface area contributed by atoms with Gasteiger partial charge in [0.2, 0.25) is 5.91 Å². The number of nitrogens with one attached hydrogen (secondary N) is 3. The van der Waals surface area contributed by atoms with Crippen LogP contribution in [0.1, 0.15) is 179 Å². The van der Waals surface area contributed by atoms with E-state index in [4.69, 9.17) is 25.3 Å². The van der Waals surface area contributed by atoms with E-state index in [1.807, 2.05) is 85.7 Å². The topological polar surface area (TPSA) is 225 Å². The maximum Gasteiger partial charge on any atom is 0.451 e. The van der Waals surface area contributed by atoms with Gasteiger partial charge in [-0.15, -0.1) is 12.4 Å². The van der Waals surface area contributed by atoms with Gasteiger partial charge in [0, 0.05) is 41.2 Å². The number of carbonyl (C=O) groups is 3. The Labute approximate surface area is 603 Å². The van der Waals surface area contributed by atoms with Gasteiger partial charge in [-0.3, -0.25) is 4.79 Å². The average molecular weight is 1470 g/mol. The van der Waals surface area contributed by atoms with E-state index in [1.165, 1.54) is 60.6 Å². The summed E-state index contributed by atoms with van der Waals surface area (Å²) in [5.74, 6) is -1.00. The van der Waals surface area contributed by atoms with Crippen molar-refractivity contribution in [3.63, 3.8) is 0 Å². The zero-order valence-electron chi connectivity index (χ0n) is 61.7. The van der Waals surface area contributed by atoms with Crippen LogP contribution in [0.5, 0.6) is 0 Å². The molecular formula is C78H113BBrClF4N4O10. The minimum Gasteiger partial charge on any atom is -0.465 e. The fourth-order valence-electron chi connectivity index (χ4n) is 9.97. The maximum atomic E-state index is 13.5. The number of aliphatic hydroxyl groups is 2. The van der Waals surface area contributed by atoms with Gasteiger partial charge >= 0.3 is 19.2 Å². The second-order valence-corrected chi connectivity index (χ2v) is 30.2. The normalized spacial score (nSPS) is 13.5. The highest BCUT2D eigenvalue weighted by atomic mass is 79.9. The van der Waals surface area contributed by atoms with Crippen molar-refractivity contribution < 1.29 is 66.4 Å². The van der Waals surface area contributed by atoms with Gasteiger partial charge in [0.1, 0.15) is 35.0 Å². The quantitative estimate of drug-likeness (QED) is 0.0130. The van der Waals surface area contributed by atoms with Gasteiger partial charge in [-0.05, 0) is 211 Å². The number of hydrogen-bond donors (Lipinski definition) is 8. The van der Waals surface area contributed by atoms with Crippen molar-refractivity contribution in [2.75, 3.05) is 20.3 Å². The van der Waals surface area contributed by atoms with Crippen LogP contribution in [-0.4, -0.2) is 95.5 Å².